The smallest absolute Gasteiger partial charge is 0.243 e. The van der Waals surface area contributed by atoms with Crippen molar-refractivity contribution < 1.29 is 13.2 Å². The van der Waals surface area contributed by atoms with Gasteiger partial charge in [-0.05, 0) is 54.7 Å². The first-order valence-corrected chi connectivity index (χ1v) is 12.3. The molecule has 2 aromatic carbocycles. The molecule has 0 unspecified atom stereocenters. The average Bonchev–Trinajstić information content (AvgIpc) is 3.34. The first-order valence-electron chi connectivity index (χ1n) is 10.9. The van der Waals surface area contributed by atoms with Crippen LogP contribution in [0.4, 0.5) is 5.69 Å². The van der Waals surface area contributed by atoms with E-state index in [-0.39, 0.29) is 11.8 Å². The number of nitrogens with one attached hydrogen (secondary N) is 1. The van der Waals surface area contributed by atoms with Crippen LogP contribution in [0.5, 0.6) is 0 Å². The second-order valence-corrected chi connectivity index (χ2v) is 10.3. The van der Waals surface area contributed by atoms with Crippen molar-refractivity contribution in [3.63, 3.8) is 0 Å². The molecule has 1 saturated heterocycles. The van der Waals surface area contributed by atoms with Crippen molar-refractivity contribution in [2.75, 3.05) is 18.4 Å². The van der Waals surface area contributed by atoms with Crippen molar-refractivity contribution in [3.05, 3.63) is 72.6 Å². The van der Waals surface area contributed by atoms with Crippen LogP contribution in [-0.4, -0.2) is 41.5 Å². The number of anilines is 1. The fourth-order valence-corrected chi connectivity index (χ4v) is 5.43. The highest BCUT2D eigenvalue weighted by atomic mass is 32.2. The molecule has 1 amide bonds. The molecule has 3 aromatic rings. The van der Waals surface area contributed by atoms with Crippen molar-refractivity contribution in [1.29, 1.82) is 0 Å². The lowest BCUT2D eigenvalue weighted by atomic mass is 9.97. The second kappa shape index (κ2) is 9.26. The van der Waals surface area contributed by atoms with E-state index >= 15 is 0 Å². The molecule has 2 heterocycles. The maximum atomic E-state index is 13.0. The van der Waals surface area contributed by atoms with Crippen molar-refractivity contribution in [2.24, 2.45) is 5.92 Å². The van der Waals surface area contributed by atoms with Crippen LogP contribution in [0.3, 0.4) is 0 Å². The van der Waals surface area contributed by atoms with Crippen molar-refractivity contribution >= 4 is 21.6 Å². The maximum absolute atomic E-state index is 13.0. The Morgan fingerprint density at radius 3 is 2.34 bits per heavy atom. The van der Waals surface area contributed by atoms with Crippen LogP contribution in [0.2, 0.25) is 0 Å². The molecule has 0 atom stereocenters. The number of sulfonamides is 1. The number of benzene rings is 2. The van der Waals surface area contributed by atoms with Gasteiger partial charge in [0.25, 0.3) is 0 Å². The summed E-state index contributed by atoms with van der Waals surface area (Å²) >= 11 is 0. The molecule has 0 spiro atoms. The lowest BCUT2D eigenvalue weighted by molar-refractivity contribution is -0.120. The fourth-order valence-electron chi connectivity index (χ4n) is 3.96. The van der Waals surface area contributed by atoms with Gasteiger partial charge < -0.3 is 5.32 Å². The molecule has 4 rings (SSSR count). The minimum absolute atomic E-state index is 0.0945. The summed E-state index contributed by atoms with van der Waals surface area (Å²) in [5, 5.41) is 7.24. The zero-order valence-corrected chi connectivity index (χ0v) is 19.1. The molecule has 0 bridgehead atoms. The number of hydrogen-bond acceptors (Lipinski definition) is 4. The van der Waals surface area contributed by atoms with Gasteiger partial charge in [0.05, 0.1) is 16.3 Å². The zero-order valence-electron chi connectivity index (χ0n) is 18.3. The quantitative estimate of drug-likeness (QED) is 0.612. The van der Waals surface area contributed by atoms with Crippen LogP contribution in [-0.2, 0) is 14.8 Å². The summed E-state index contributed by atoms with van der Waals surface area (Å²) < 4.78 is 29.2. The predicted molar refractivity (Wildman–Crippen MR) is 124 cm³/mol. The number of carbonyl (C=O) groups excluding carboxylic acids is 1. The standard InChI is InChI=1S/C24H28N4O3S/c1-18(2)19-8-10-21(11-9-19)32(30,31)27-16-12-20(13-17-27)24(29)26-22-6-3-4-7-23(22)28-15-5-14-25-28/h3-11,14-15,18,20H,12-13,16-17H2,1-2H3,(H,26,29). The number of carbonyl (C=O) groups is 1. The summed E-state index contributed by atoms with van der Waals surface area (Å²) in [4.78, 5) is 13.2. The highest BCUT2D eigenvalue weighted by Crippen LogP contribution is 2.27. The molecule has 1 aliphatic rings. The topological polar surface area (TPSA) is 84.3 Å². The van der Waals surface area contributed by atoms with Gasteiger partial charge >= 0.3 is 0 Å². The summed E-state index contributed by atoms with van der Waals surface area (Å²) in [6.45, 7) is 4.81. The minimum atomic E-state index is -3.56. The number of hydrogen-bond donors (Lipinski definition) is 1. The van der Waals surface area contributed by atoms with Gasteiger partial charge in [-0.3, -0.25) is 4.79 Å². The number of amides is 1. The molecule has 1 aromatic heterocycles. The van der Waals surface area contributed by atoms with Gasteiger partial charge in [0, 0.05) is 31.4 Å². The van der Waals surface area contributed by atoms with Gasteiger partial charge in [-0.2, -0.15) is 9.40 Å². The van der Waals surface area contributed by atoms with E-state index in [4.69, 9.17) is 0 Å². The van der Waals surface area contributed by atoms with E-state index in [0.29, 0.717) is 42.4 Å². The SMILES string of the molecule is CC(C)c1ccc(S(=O)(=O)N2CCC(C(=O)Nc3ccccc3-n3cccn3)CC2)cc1. The zero-order chi connectivity index (χ0) is 22.7. The number of para-hydroxylation sites is 2. The first kappa shape index (κ1) is 22.2. The van der Waals surface area contributed by atoms with Crippen LogP contribution in [0.25, 0.3) is 5.69 Å². The Kier molecular flexibility index (Phi) is 6.43. The van der Waals surface area contributed by atoms with Crippen LogP contribution in [0.1, 0.15) is 38.2 Å². The molecule has 168 valence electrons. The van der Waals surface area contributed by atoms with Crippen LogP contribution >= 0.6 is 0 Å². The van der Waals surface area contributed by atoms with E-state index in [0.717, 1.165) is 11.3 Å². The summed E-state index contributed by atoms with van der Waals surface area (Å²) in [5.41, 5.74) is 2.58. The Morgan fingerprint density at radius 1 is 1.03 bits per heavy atom. The number of aromatic nitrogens is 2. The van der Waals surface area contributed by atoms with Gasteiger partial charge in [0.15, 0.2) is 0 Å². The van der Waals surface area contributed by atoms with Gasteiger partial charge in [0.1, 0.15) is 0 Å². The molecule has 8 heteroatoms. The lowest BCUT2D eigenvalue weighted by Crippen LogP contribution is -2.41. The fraction of sp³-hybridized carbons (Fsp3) is 0.333. The molecule has 0 radical (unpaired) electrons. The summed E-state index contributed by atoms with van der Waals surface area (Å²) in [6.07, 6.45) is 4.48. The molecule has 32 heavy (non-hydrogen) atoms. The molecular formula is C24H28N4O3S. The van der Waals surface area contributed by atoms with Gasteiger partial charge in [-0.1, -0.05) is 38.1 Å². The summed E-state index contributed by atoms with van der Waals surface area (Å²) in [6, 6.07) is 16.4. The monoisotopic (exact) mass is 452 g/mol. The molecule has 0 saturated carbocycles. The Bertz CT molecular complexity index is 1160. The molecule has 1 aliphatic heterocycles. The highest BCUT2D eigenvalue weighted by Gasteiger charge is 2.32. The lowest BCUT2D eigenvalue weighted by Gasteiger charge is -2.30. The largest absolute Gasteiger partial charge is 0.324 e. The van der Waals surface area contributed by atoms with Crippen LogP contribution in [0.15, 0.2) is 71.9 Å². The average molecular weight is 453 g/mol. The van der Waals surface area contributed by atoms with Gasteiger partial charge in [-0.25, -0.2) is 13.1 Å². The minimum Gasteiger partial charge on any atom is -0.324 e. The van der Waals surface area contributed by atoms with E-state index in [1.165, 1.54) is 4.31 Å². The molecule has 1 fully saturated rings. The summed E-state index contributed by atoms with van der Waals surface area (Å²) in [7, 11) is -3.56. The second-order valence-electron chi connectivity index (χ2n) is 8.36. The molecular weight excluding hydrogens is 424 g/mol. The van der Waals surface area contributed by atoms with Gasteiger partial charge in [-0.15, -0.1) is 0 Å². The Morgan fingerprint density at radius 2 is 1.72 bits per heavy atom. The van der Waals surface area contributed by atoms with Crippen LogP contribution < -0.4 is 5.32 Å². The van der Waals surface area contributed by atoms with Gasteiger partial charge in [0.2, 0.25) is 15.9 Å². The van der Waals surface area contributed by atoms with E-state index in [9.17, 15) is 13.2 Å². The van der Waals surface area contributed by atoms with E-state index < -0.39 is 10.0 Å². The van der Waals surface area contributed by atoms with Crippen molar-refractivity contribution in [2.45, 2.75) is 37.5 Å². The van der Waals surface area contributed by atoms with Crippen molar-refractivity contribution in [3.8, 4) is 5.69 Å². The Labute approximate surface area is 189 Å². The number of rotatable bonds is 6. The first-order chi connectivity index (χ1) is 15.4. The molecule has 1 N–H and O–H groups in total. The van der Waals surface area contributed by atoms with E-state index in [1.54, 1.807) is 23.0 Å². The third-order valence-electron chi connectivity index (χ3n) is 5.92. The maximum Gasteiger partial charge on any atom is 0.243 e. The third-order valence-corrected chi connectivity index (χ3v) is 7.84. The van der Waals surface area contributed by atoms with E-state index in [1.807, 2.05) is 48.7 Å². The van der Waals surface area contributed by atoms with Crippen LogP contribution in [0, 0.1) is 5.92 Å². The number of nitrogens with zero attached hydrogens (tertiary/aromatic N) is 3. The molecule has 0 aliphatic carbocycles. The van der Waals surface area contributed by atoms with Crippen molar-refractivity contribution in [1.82, 2.24) is 14.1 Å². The summed E-state index contributed by atoms with van der Waals surface area (Å²) in [5.74, 6) is 0.0119. The predicted octanol–water partition coefficient (Wildman–Crippen LogP) is 4.04. The van der Waals surface area contributed by atoms with E-state index in [2.05, 4.69) is 24.3 Å². The highest BCUT2D eigenvalue weighted by molar-refractivity contribution is 7.89. The normalized spacial score (nSPS) is 15.7. The molecule has 7 nitrogen and oxygen atoms in total. The number of piperidine rings is 1. The Balaban J connectivity index is 1.40. The Hall–Kier alpha value is -2.97. The third kappa shape index (κ3) is 4.61.